The fraction of sp³-hybridized carbons (Fsp3) is 0.0429. The number of aromatic nitrogens is 4. The van der Waals surface area contributed by atoms with Crippen LogP contribution in [-0.2, 0) is 5.41 Å². The van der Waals surface area contributed by atoms with Crippen LogP contribution < -0.4 is 0 Å². The van der Waals surface area contributed by atoms with Crippen molar-refractivity contribution in [3.63, 3.8) is 0 Å². The summed E-state index contributed by atoms with van der Waals surface area (Å²) >= 11 is 0. The van der Waals surface area contributed by atoms with E-state index in [1.54, 1.807) is 0 Å². The Hall–Kier alpha value is -9.51. The molecule has 346 valence electrons. The second kappa shape index (κ2) is 16.3. The number of para-hydroxylation sites is 1. The van der Waals surface area contributed by atoms with Crippen molar-refractivity contribution >= 4 is 32.6 Å². The first kappa shape index (κ1) is 42.2. The van der Waals surface area contributed by atoms with Crippen molar-refractivity contribution in [2.75, 3.05) is 0 Å². The molecule has 0 unspecified atom stereocenters. The van der Waals surface area contributed by atoms with Crippen LogP contribution in [0.4, 0.5) is 0 Å². The van der Waals surface area contributed by atoms with Crippen LogP contribution in [0.1, 0.15) is 25.0 Å². The summed E-state index contributed by atoms with van der Waals surface area (Å²) in [5.74, 6) is 1.83. The molecule has 74 heavy (non-hydrogen) atoms. The molecule has 0 saturated heterocycles. The molecule has 1 aliphatic carbocycles. The molecule has 4 nitrogen and oxygen atoms in total. The molecule has 1 aliphatic heterocycles. The molecule has 2 aliphatic rings. The number of fused-ring (bicyclic) bond motifs is 7. The van der Waals surface area contributed by atoms with Crippen LogP contribution in [0.25, 0.3) is 139 Å². The van der Waals surface area contributed by atoms with Gasteiger partial charge in [0.25, 0.3) is 0 Å². The Balaban J connectivity index is 0.920. The number of rotatable bonds is 7. The predicted octanol–water partition coefficient (Wildman–Crippen LogP) is 18.1. The van der Waals surface area contributed by atoms with E-state index in [9.17, 15) is 0 Å². The molecule has 3 heterocycles. The minimum Gasteiger partial charge on any atom is -0.308 e. The van der Waals surface area contributed by atoms with Gasteiger partial charge in [-0.15, -0.1) is 0 Å². The van der Waals surface area contributed by atoms with Crippen LogP contribution >= 0.6 is 0 Å². The van der Waals surface area contributed by atoms with E-state index in [1.165, 1.54) is 77.2 Å². The van der Waals surface area contributed by atoms with Crippen molar-refractivity contribution in [1.82, 2.24) is 19.5 Å². The highest BCUT2D eigenvalue weighted by Crippen LogP contribution is 2.58. The zero-order chi connectivity index (χ0) is 49.1. The average molecular weight is 943 g/mol. The standard InChI is InChI=1S/C70H46N4/c1-70(2)59-27-14-26-57-56-24-11-12-28-61(56)74-62-29-15-25-55(63(62)58-36-37-60(70)65(64(57)59)66(58)74)50-22-13-23-51(39-50)68-71-67(47-33-30-46(31-34-47)49-35-32-45-20-9-10-21-48(45)38-49)72-69(73-68)54-41-52(43-16-5-3-6-17-43)40-53(42-54)44-18-7-4-8-19-44/h3-42H,1-2H3. The molecule has 0 amide bonds. The molecule has 0 saturated carbocycles. The summed E-state index contributed by atoms with van der Waals surface area (Å²) in [4.78, 5) is 16.1. The molecule has 0 bridgehead atoms. The highest BCUT2D eigenvalue weighted by atomic mass is 15.0. The monoisotopic (exact) mass is 942 g/mol. The van der Waals surface area contributed by atoms with Gasteiger partial charge in [0.05, 0.1) is 16.7 Å². The Morgan fingerprint density at radius 3 is 1.62 bits per heavy atom. The molecular formula is C70H46N4. The van der Waals surface area contributed by atoms with Crippen LogP contribution in [0, 0.1) is 0 Å². The lowest BCUT2D eigenvalue weighted by molar-refractivity contribution is 0.661. The molecule has 2 aromatic heterocycles. The fourth-order valence-electron chi connectivity index (χ4n) is 12.1. The van der Waals surface area contributed by atoms with Gasteiger partial charge in [-0.25, -0.2) is 15.0 Å². The fourth-order valence-corrected chi connectivity index (χ4v) is 12.1. The summed E-state index contributed by atoms with van der Waals surface area (Å²) in [5.41, 5.74) is 23.3. The molecule has 0 spiro atoms. The van der Waals surface area contributed by atoms with Gasteiger partial charge in [-0.2, -0.15) is 0 Å². The zero-order valence-electron chi connectivity index (χ0n) is 40.9. The Kier molecular flexibility index (Phi) is 9.27. The molecule has 13 aromatic rings. The Morgan fingerprint density at radius 1 is 0.324 bits per heavy atom. The van der Waals surface area contributed by atoms with Gasteiger partial charge in [0.15, 0.2) is 17.5 Å². The van der Waals surface area contributed by atoms with Crippen LogP contribution in [-0.4, -0.2) is 19.5 Å². The molecular weight excluding hydrogens is 897 g/mol. The molecule has 15 rings (SSSR count). The maximum Gasteiger partial charge on any atom is 0.164 e. The van der Waals surface area contributed by atoms with Gasteiger partial charge in [-0.3, -0.25) is 0 Å². The normalized spacial score (nSPS) is 12.8. The lowest BCUT2D eigenvalue weighted by Crippen LogP contribution is -2.15. The van der Waals surface area contributed by atoms with E-state index in [2.05, 4.69) is 261 Å². The topological polar surface area (TPSA) is 43.6 Å². The van der Waals surface area contributed by atoms with Crippen LogP contribution in [0.3, 0.4) is 0 Å². The molecule has 0 fully saturated rings. The quantitative estimate of drug-likeness (QED) is 0.160. The third-order valence-corrected chi connectivity index (χ3v) is 15.7. The summed E-state index contributed by atoms with van der Waals surface area (Å²) in [7, 11) is 0. The Morgan fingerprint density at radius 2 is 0.851 bits per heavy atom. The van der Waals surface area contributed by atoms with E-state index in [0.717, 1.165) is 55.6 Å². The van der Waals surface area contributed by atoms with E-state index in [0.29, 0.717) is 17.5 Å². The van der Waals surface area contributed by atoms with Crippen molar-refractivity contribution in [3.05, 3.63) is 254 Å². The molecule has 11 aromatic carbocycles. The first-order chi connectivity index (χ1) is 36.4. The Bertz CT molecular complexity index is 4370. The third-order valence-electron chi connectivity index (χ3n) is 15.7. The molecule has 0 radical (unpaired) electrons. The van der Waals surface area contributed by atoms with Gasteiger partial charge >= 0.3 is 0 Å². The first-order valence-electron chi connectivity index (χ1n) is 25.5. The van der Waals surface area contributed by atoms with E-state index in [-0.39, 0.29) is 5.41 Å². The van der Waals surface area contributed by atoms with E-state index < -0.39 is 0 Å². The smallest absolute Gasteiger partial charge is 0.164 e. The van der Waals surface area contributed by atoms with Crippen molar-refractivity contribution in [2.45, 2.75) is 19.3 Å². The van der Waals surface area contributed by atoms with Crippen molar-refractivity contribution in [1.29, 1.82) is 0 Å². The van der Waals surface area contributed by atoms with Gasteiger partial charge < -0.3 is 4.57 Å². The third kappa shape index (κ3) is 6.51. The van der Waals surface area contributed by atoms with Gasteiger partial charge in [-0.05, 0) is 120 Å². The van der Waals surface area contributed by atoms with Crippen molar-refractivity contribution < 1.29 is 0 Å². The second-order valence-corrected chi connectivity index (χ2v) is 20.3. The van der Waals surface area contributed by atoms with E-state index in [4.69, 9.17) is 15.0 Å². The van der Waals surface area contributed by atoms with Gasteiger partial charge in [0.1, 0.15) is 0 Å². The van der Waals surface area contributed by atoms with E-state index in [1.807, 2.05) is 0 Å². The van der Waals surface area contributed by atoms with Crippen LogP contribution in [0.15, 0.2) is 243 Å². The number of benzene rings is 11. The molecule has 0 N–H and O–H groups in total. The SMILES string of the molecule is CC1(C)c2cccc3c2-c2c1ccc1c4c(-c5cccc(-c6nc(-c7ccc(-c8ccc9ccccc9c8)cc7)nc(-c7cc(-c8ccccc8)cc(-c8ccccc8)c7)n6)c5)cccc4n(c21)-c1ccccc1-3. The number of hydrogen-bond donors (Lipinski definition) is 0. The summed E-state index contributed by atoms with van der Waals surface area (Å²) in [6.45, 7) is 4.76. The Labute approximate surface area is 429 Å². The largest absolute Gasteiger partial charge is 0.308 e. The summed E-state index contributed by atoms with van der Waals surface area (Å²) in [5, 5.41) is 4.93. The number of nitrogens with zero attached hydrogens (tertiary/aromatic N) is 4. The van der Waals surface area contributed by atoms with E-state index >= 15 is 0 Å². The summed E-state index contributed by atoms with van der Waals surface area (Å²) in [6.07, 6.45) is 0. The van der Waals surface area contributed by atoms with Gasteiger partial charge in [-0.1, -0.05) is 214 Å². The molecule has 4 heteroatoms. The van der Waals surface area contributed by atoms with Crippen LogP contribution in [0.2, 0.25) is 0 Å². The maximum atomic E-state index is 5.41. The van der Waals surface area contributed by atoms with Gasteiger partial charge in [0, 0.05) is 44.0 Å². The molecule has 0 atom stereocenters. The van der Waals surface area contributed by atoms with Crippen molar-refractivity contribution in [3.8, 4) is 107 Å². The lowest BCUT2D eigenvalue weighted by atomic mass is 9.81. The lowest BCUT2D eigenvalue weighted by Gasteiger charge is -2.22. The predicted molar refractivity (Wildman–Crippen MR) is 306 cm³/mol. The minimum atomic E-state index is -0.132. The first-order valence-corrected chi connectivity index (χ1v) is 25.5. The average Bonchev–Trinajstić information content (AvgIpc) is 4.00. The van der Waals surface area contributed by atoms with Crippen molar-refractivity contribution in [2.24, 2.45) is 0 Å². The highest BCUT2D eigenvalue weighted by Gasteiger charge is 2.41. The highest BCUT2D eigenvalue weighted by molar-refractivity contribution is 6.22. The number of hydrogen-bond acceptors (Lipinski definition) is 3. The summed E-state index contributed by atoms with van der Waals surface area (Å²) < 4.78 is 2.54. The maximum absolute atomic E-state index is 5.41. The zero-order valence-corrected chi connectivity index (χ0v) is 40.9. The van der Waals surface area contributed by atoms with Gasteiger partial charge in [0.2, 0.25) is 0 Å². The summed E-state index contributed by atoms with van der Waals surface area (Å²) in [6, 6.07) is 87.8. The minimum absolute atomic E-state index is 0.132. The second-order valence-electron chi connectivity index (χ2n) is 20.3. The van der Waals surface area contributed by atoms with Crippen LogP contribution in [0.5, 0.6) is 0 Å².